The minimum atomic E-state index is -0.444. The molecule has 4 nitrogen and oxygen atoms in total. The van der Waals surface area contributed by atoms with Crippen LogP contribution >= 0.6 is 0 Å². The maximum Gasteiger partial charge on any atom is 0.339 e. The molecule has 0 saturated carbocycles. The average molecular weight is 403 g/mol. The van der Waals surface area contributed by atoms with E-state index in [9.17, 15) is 9.59 Å². The van der Waals surface area contributed by atoms with E-state index >= 15 is 0 Å². The second-order valence-corrected chi connectivity index (χ2v) is 7.35. The van der Waals surface area contributed by atoms with Crippen molar-refractivity contribution < 1.29 is 19.1 Å². The lowest BCUT2D eigenvalue weighted by molar-refractivity contribution is 0.0450. The van der Waals surface area contributed by atoms with Gasteiger partial charge in [-0.25, -0.2) is 9.59 Å². The average Bonchev–Trinajstić information content (AvgIpc) is 2.72. The van der Waals surface area contributed by atoms with Gasteiger partial charge >= 0.3 is 11.9 Å². The molecule has 0 aliphatic rings. The van der Waals surface area contributed by atoms with Crippen LogP contribution in [-0.4, -0.2) is 25.2 Å². The lowest BCUT2D eigenvalue weighted by Gasteiger charge is -2.10. The van der Waals surface area contributed by atoms with E-state index in [1.165, 1.54) is 51.4 Å². The molecule has 0 bridgehead atoms. The van der Waals surface area contributed by atoms with E-state index in [0.29, 0.717) is 24.3 Å². The number of rotatable bonds is 16. The summed E-state index contributed by atoms with van der Waals surface area (Å²) in [6, 6.07) is 6.74. The van der Waals surface area contributed by atoms with Crippen LogP contribution in [-0.2, 0) is 9.47 Å². The first-order chi connectivity index (χ1) is 13.7. The Morgan fingerprint density at radius 2 is 0.966 bits per heavy atom. The molecule has 0 aliphatic heterocycles. The Labute approximate surface area is 178 Å². The van der Waals surface area contributed by atoms with Crippen molar-refractivity contribution in [3.8, 4) is 0 Å². The molecule has 162 valence electrons. The highest BCUT2D eigenvalue weighted by Crippen LogP contribution is 2.14. The molecule has 1 aromatic carbocycles. The van der Waals surface area contributed by atoms with Crippen molar-refractivity contribution in [2.45, 2.75) is 90.9 Å². The third kappa shape index (κ3) is 12.4. The molecular formula is C25H38O4. The van der Waals surface area contributed by atoms with Crippen molar-refractivity contribution >= 4 is 11.9 Å². The topological polar surface area (TPSA) is 52.6 Å². The number of carbonyl (C=O) groups excluding carboxylic acids is 2. The molecule has 0 N–H and O–H groups in total. The van der Waals surface area contributed by atoms with Crippen molar-refractivity contribution in [1.29, 1.82) is 0 Å². The van der Waals surface area contributed by atoms with Gasteiger partial charge in [-0.05, 0) is 25.0 Å². The number of ether oxygens (including phenoxy) is 2. The Hall–Kier alpha value is -1.84. The van der Waals surface area contributed by atoms with Crippen molar-refractivity contribution in [3.05, 3.63) is 42.8 Å². The standard InChI is InChI=1S/C24H38O4.C/c1-3-5-7-9-11-15-19-27-23(25)21-17-13-14-18-22(21)24(26)28-20-16-12-10-8-6-4-2;/h13-14,17-18H,3-12,15-16,19-20H2,1-2H3;. The van der Waals surface area contributed by atoms with E-state index in [2.05, 4.69) is 13.8 Å². The van der Waals surface area contributed by atoms with Crippen LogP contribution in [0.4, 0.5) is 0 Å². The molecule has 29 heavy (non-hydrogen) atoms. The maximum absolute atomic E-state index is 12.4. The van der Waals surface area contributed by atoms with Crippen LogP contribution in [0.3, 0.4) is 0 Å². The Morgan fingerprint density at radius 3 is 1.34 bits per heavy atom. The van der Waals surface area contributed by atoms with Crippen LogP contribution < -0.4 is 0 Å². The molecular weight excluding hydrogens is 364 g/mol. The number of unbranched alkanes of at least 4 members (excludes halogenated alkanes) is 10. The molecule has 0 heterocycles. The maximum atomic E-state index is 12.4. The van der Waals surface area contributed by atoms with E-state index in [-0.39, 0.29) is 7.43 Å². The number of benzene rings is 1. The summed E-state index contributed by atoms with van der Waals surface area (Å²) in [4.78, 5) is 24.7. The summed E-state index contributed by atoms with van der Waals surface area (Å²) in [6.07, 6.45) is 13.6. The molecule has 1 rings (SSSR count). The van der Waals surface area contributed by atoms with Gasteiger partial charge in [0.15, 0.2) is 0 Å². The SMILES string of the molecule is CCCCCCCCOC(=O)c1ccccc1C(=O)OCCCCCCCC.[C]. The minimum absolute atomic E-state index is 0. The summed E-state index contributed by atoms with van der Waals surface area (Å²) in [5.41, 5.74) is 0.586. The fraction of sp³-hybridized carbons (Fsp3) is 0.640. The lowest BCUT2D eigenvalue weighted by Crippen LogP contribution is -2.15. The number of carbonyl (C=O) groups is 2. The van der Waals surface area contributed by atoms with Gasteiger partial charge in [-0.15, -0.1) is 0 Å². The molecule has 0 unspecified atom stereocenters. The molecule has 0 aromatic heterocycles. The summed E-state index contributed by atoms with van der Waals surface area (Å²) >= 11 is 0. The zero-order chi connectivity index (χ0) is 20.5. The second kappa shape index (κ2) is 18.2. The van der Waals surface area contributed by atoms with Crippen LogP contribution in [0, 0.1) is 7.43 Å². The zero-order valence-corrected chi connectivity index (χ0v) is 18.3. The van der Waals surface area contributed by atoms with Crippen LogP contribution in [0.5, 0.6) is 0 Å². The molecule has 1 aromatic rings. The van der Waals surface area contributed by atoms with Crippen molar-refractivity contribution in [3.63, 3.8) is 0 Å². The molecule has 0 saturated heterocycles. The van der Waals surface area contributed by atoms with E-state index in [1.54, 1.807) is 24.3 Å². The lowest BCUT2D eigenvalue weighted by atomic mass is 10.1. The fourth-order valence-electron chi connectivity index (χ4n) is 3.09. The van der Waals surface area contributed by atoms with Crippen LogP contribution in [0.25, 0.3) is 0 Å². The normalized spacial score (nSPS) is 10.3. The van der Waals surface area contributed by atoms with E-state index < -0.39 is 11.9 Å². The number of hydrogen-bond acceptors (Lipinski definition) is 4. The Kier molecular flexibility index (Phi) is 17.1. The van der Waals surface area contributed by atoms with Gasteiger partial charge in [-0.2, -0.15) is 0 Å². The largest absolute Gasteiger partial charge is 0.462 e. The highest BCUT2D eigenvalue weighted by Gasteiger charge is 2.18. The van der Waals surface area contributed by atoms with E-state index in [1.807, 2.05) is 0 Å². The van der Waals surface area contributed by atoms with Crippen molar-refractivity contribution in [1.82, 2.24) is 0 Å². The van der Waals surface area contributed by atoms with Gasteiger partial charge in [0.05, 0.1) is 24.3 Å². The summed E-state index contributed by atoms with van der Waals surface area (Å²) in [6.45, 7) is 5.17. The molecule has 0 spiro atoms. The third-order valence-corrected chi connectivity index (χ3v) is 4.83. The van der Waals surface area contributed by atoms with Gasteiger partial charge in [0, 0.05) is 7.43 Å². The first kappa shape index (κ1) is 27.2. The Morgan fingerprint density at radius 1 is 0.621 bits per heavy atom. The molecule has 0 amide bonds. The van der Waals surface area contributed by atoms with Gasteiger partial charge in [-0.1, -0.05) is 90.2 Å². The monoisotopic (exact) mass is 402 g/mol. The zero-order valence-electron chi connectivity index (χ0n) is 18.3. The fourth-order valence-corrected chi connectivity index (χ4v) is 3.09. The molecule has 0 atom stereocenters. The first-order valence-electron chi connectivity index (χ1n) is 11.1. The van der Waals surface area contributed by atoms with Crippen molar-refractivity contribution in [2.24, 2.45) is 0 Å². The predicted molar refractivity (Wildman–Crippen MR) is 117 cm³/mol. The van der Waals surface area contributed by atoms with Crippen LogP contribution in [0.15, 0.2) is 24.3 Å². The van der Waals surface area contributed by atoms with Gasteiger partial charge in [0.25, 0.3) is 0 Å². The molecule has 4 heteroatoms. The molecule has 0 fully saturated rings. The molecule has 4 radical (unpaired) electrons. The van der Waals surface area contributed by atoms with Crippen molar-refractivity contribution in [2.75, 3.05) is 13.2 Å². The smallest absolute Gasteiger partial charge is 0.339 e. The summed E-state index contributed by atoms with van der Waals surface area (Å²) in [5.74, 6) is -0.888. The van der Waals surface area contributed by atoms with Crippen LogP contribution in [0.1, 0.15) is 112 Å². The van der Waals surface area contributed by atoms with Crippen LogP contribution in [0.2, 0.25) is 0 Å². The first-order valence-corrected chi connectivity index (χ1v) is 11.1. The minimum Gasteiger partial charge on any atom is -0.462 e. The number of hydrogen-bond donors (Lipinski definition) is 0. The van der Waals surface area contributed by atoms with Gasteiger partial charge < -0.3 is 9.47 Å². The quantitative estimate of drug-likeness (QED) is 0.225. The molecule has 0 aliphatic carbocycles. The summed E-state index contributed by atoms with van der Waals surface area (Å²) < 4.78 is 10.7. The summed E-state index contributed by atoms with van der Waals surface area (Å²) in [7, 11) is 0. The highest BCUT2D eigenvalue weighted by atomic mass is 16.5. The Bertz CT molecular complexity index is 505. The Balaban J connectivity index is 0.00000784. The van der Waals surface area contributed by atoms with E-state index in [0.717, 1.165) is 25.7 Å². The van der Waals surface area contributed by atoms with Gasteiger partial charge in [0.1, 0.15) is 0 Å². The highest BCUT2D eigenvalue weighted by molar-refractivity contribution is 6.03. The number of esters is 2. The van der Waals surface area contributed by atoms with E-state index in [4.69, 9.17) is 9.47 Å². The second-order valence-electron chi connectivity index (χ2n) is 7.35. The summed E-state index contributed by atoms with van der Waals surface area (Å²) in [5, 5.41) is 0. The predicted octanol–water partition coefficient (Wildman–Crippen LogP) is 6.80. The van der Waals surface area contributed by atoms with Gasteiger partial charge in [-0.3, -0.25) is 0 Å². The third-order valence-electron chi connectivity index (χ3n) is 4.83. The van der Waals surface area contributed by atoms with Gasteiger partial charge in [0.2, 0.25) is 0 Å².